The average molecular weight is 657 g/mol. The molecule has 0 radical (unpaired) electrons. The molecule has 5 unspecified atom stereocenters. The molecule has 7 amide bonds. The zero-order valence-corrected chi connectivity index (χ0v) is 26.9. The van der Waals surface area contributed by atoms with Gasteiger partial charge in [-0.15, -0.1) is 0 Å². The molecule has 0 aromatic rings. The Bertz CT molecular complexity index is 1060. The van der Waals surface area contributed by atoms with E-state index in [-0.39, 0.29) is 70.6 Å². The molecule has 1 heterocycles. The number of amides is 7. The summed E-state index contributed by atoms with van der Waals surface area (Å²) >= 11 is 0. The highest BCUT2D eigenvalue weighted by molar-refractivity contribution is 5.96. The number of aliphatic hydroxyl groups excluding tert-OH is 1. The van der Waals surface area contributed by atoms with Crippen molar-refractivity contribution in [3.63, 3.8) is 0 Å². The highest BCUT2D eigenvalue weighted by atomic mass is 16.3. The first kappa shape index (κ1) is 40.2. The lowest BCUT2D eigenvalue weighted by Crippen LogP contribution is -2.60. The Labute approximate surface area is 268 Å². The van der Waals surface area contributed by atoms with Crippen LogP contribution in [-0.2, 0) is 33.6 Å². The van der Waals surface area contributed by atoms with Gasteiger partial charge in [-0.3, -0.25) is 33.6 Å². The third kappa shape index (κ3) is 14.5. The van der Waals surface area contributed by atoms with Crippen molar-refractivity contribution in [2.45, 2.75) is 95.6 Å². The summed E-state index contributed by atoms with van der Waals surface area (Å²) in [4.78, 5) is 90.6. The summed E-state index contributed by atoms with van der Waals surface area (Å²) in [6, 6.07) is -5.96. The number of nitrogens with two attached hydrogens (primary N) is 3. The smallest absolute Gasteiger partial charge is 0.245 e. The van der Waals surface area contributed by atoms with E-state index < -0.39 is 84.2 Å². The number of rotatable bonds is 9. The molecule has 0 bridgehead atoms. The second-order valence-electron chi connectivity index (χ2n) is 11.6. The Balaban J connectivity index is 3.37. The van der Waals surface area contributed by atoms with E-state index in [0.29, 0.717) is 0 Å². The van der Waals surface area contributed by atoms with Crippen molar-refractivity contribution in [3.05, 3.63) is 0 Å². The van der Waals surface area contributed by atoms with Crippen molar-refractivity contribution < 1.29 is 38.7 Å². The zero-order valence-electron chi connectivity index (χ0n) is 26.9. The van der Waals surface area contributed by atoms with E-state index in [0.717, 1.165) is 0 Å². The van der Waals surface area contributed by atoms with Crippen LogP contribution < -0.4 is 54.4 Å². The molecule has 0 aromatic carbocycles. The first-order valence-electron chi connectivity index (χ1n) is 15.6. The lowest BCUT2D eigenvalue weighted by atomic mass is 10.0. The number of hydrogen-bond donors (Lipinski definition) is 11. The van der Waals surface area contributed by atoms with E-state index >= 15 is 0 Å². The van der Waals surface area contributed by atoms with E-state index in [9.17, 15) is 38.7 Å². The molecule has 0 aromatic heterocycles. The van der Waals surface area contributed by atoms with Gasteiger partial charge in [-0.1, -0.05) is 13.8 Å². The minimum atomic E-state index is -1.40. The highest BCUT2D eigenvalue weighted by Crippen LogP contribution is 2.07. The van der Waals surface area contributed by atoms with Gasteiger partial charge < -0.3 is 59.5 Å². The Hall–Kier alpha value is -3.87. The van der Waals surface area contributed by atoms with Gasteiger partial charge in [-0.05, 0) is 64.6 Å². The van der Waals surface area contributed by atoms with Crippen LogP contribution in [0.4, 0.5) is 0 Å². The van der Waals surface area contributed by atoms with E-state index in [4.69, 9.17) is 17.2 Å². The summed E-state index contributed by atoms with van der Waals surface area (Å²) in [5.74, 6) is -4.90. The van der Waals surface area contributed by atoms with Gasteiger partial charge in [-0.2, -0.15) is 0 Å². The Morgan fingerprint density at radius 2 is 1.11 bits per heavy atom. The summed E-state index contributed by atoms with van der Waals surface area (Å²) < 4.78 is 0. The molecule has 14 N–H and O–H groups in total. The van der Waals surface area contributed by atoms with E-state index in [1.807, 2.05) is 13.8 Å². The molecule has 6 atom stereocenters. The lowest BCUT2D eigenvalue weighted by molar-refractivity contribution is -0.135. The van der Waals surface area contributed by atoms with Crippen molar-refractivity contribution in [2.24, 2.45) is 23.1 Å². The van der Waals surface area contributed by atoms with Crippen molar-refractivity contribution in [1.29, 1.82) is 0 Å². The molecule has 262 valence electrons. The summed E-state index contributed by atoms with van der Waals surface area (Å²) in [6.45, 7) is 4.47. The van der Waals surface area contributed by atoms with Crippen LogP contribution in [0.25, 0.3) is 0 Å². The number of hydrogen-bond acceptors (Lipinski definition) is 11. The molecule has 0 saturated carbocycles. The van der Waals surface area contributed by atoms with E-state index in [1.54, 1.807) is 0 Å². The summed E-state index contributed by atoms with van der Waals surface area (Å²) in [6.07, 6.45) is -1.03. The molecule has 0 aliphatic carbocycles. The molecular weight excluding hydrogens is 604 g/mol. The van der Waals surface area contributed by atoms with Crippen LogP contribution in [0.5, 0.6) is 0 Å². The topological polar surface area (TPSA) is 302 Å². The van der Waals surface area contributed by atoms with Crippen molar-refractivity contribution >= 4 is 41.4 Å². The van der Waals surface area contributed by atoms with Crippen LogP contribution in [0.2, 0.25) is 0 Å². The van der Waals surface area contributed by atoms with Crippen LogP contribution in [0.15, 0.2) is 0 Å². The molecular formula is C28H52N10O8. The minimum Gasteiger partial charge on any atom is -0.391 e. The highest BCUT2D eigenvalue weighted by Gasteiger charge is 2.32. The summed E-state index contributed by atoms with van der Waals surface area (Å²) in [5.41, 5.74) is 17.0. The SMILES string of the molecule is CC(C)C[C@@H]1NC(=O)CNC(=O)C(CCN)NC(=O)CCCNC(=O)C(C(C)O)NC(=O)C(CCN)NC(=O)C(CCN)NC1=O. The third-order valence-corrected chi connectivity index (χ3v) is 7.01. The van der Waals surface area contributed by atoms with Crippen LogP contribution in [0.3, 0.4) is 0 Å². The average Bonchev–Trinajstić information content (AvgIpc) is 2.98. The van der Waals surface area contributed by atoms with Crippen molar-refractivity contribution in [3.8, 4) is 0 Å². The summed E-state index contributed by atoms with van der Waals surface area (Å²) in [7, 11) is 0. The van der Waals surface area contributed by atoms with Crippen LogP contribution >= 0.6 is 0 Å². The number of carbonyl (C=O) groups is 7. The molecule has 46 heavy (non-hydrogen) atoms. The monoisotopic (exact) mass is 656 g/mol. The van der Waals surface area contributed by atoms with E-state index in [2.05, 4.69) is 37.2 Å². The predicted molar refractivity (Wildman–Crippen MR) is 167 cm³/mol. The fraction of sp³-hybridized carbons (Fsp3) is 0.750. The molecule has 1 rings (SSSR count). The molecule has 0 spiro atoms. The van der Waals surface area contributed by atoms with Crippen LogP contribution in [-0.4, -0.2) is 115 Å². The largest absolute Gasteiger partial charge is 0.391 e. The van der Waals surface area contributed by atoms with Gasteiger partial charge >= 0.3 is 0 Å². The molecule has 1 aliphatic rings. The molecule has 18 heteroatoms. The Kier molecular flexibility index (Phi) is 18.4. The number of carbonyl (C=O) groups excluding carboxylic acids is 7. The summed E-state index contributed by atoms with van der Waals surface area (Å²) in [5, 5.41) is 27.8. The van der Waals surface area contributed by atoms with Gasteiger partial charge in [0.2, 0.25) is 41.4 Å². The van der Waals surface area contributed by atoms with Crippen molar-refractivity contribution in [2.75, 3.05) is 32.7 Å². The number of aliphatic hydroxyl groups is 1. The Morgan fingerprint density at radius 1 is 0.630 bits per heavy atom. The van der Waals surface area contributed by atoms with Crippen LogP contribution in [0.1, 0.15) is 59.3 Å². The second-order valence-corrected chi connectivity index (χ2v) is 11.6. The predicted octanol–water partition coefficient (Wildman–Crippen LogP) is -5.09. The first-order valence-corrected chi connectivity index (χ1v) is 15.6. The van der Waals surface area contributed by atoms with Gasteiger partial charge in [0.25, 0.3) is 0 Å². The van der Waals surface area contributed by atoms with Gasteiger partial charge in [0.1, 0.15) is 30.2 Å². The number of nitrogens with one attached hydrogen (secondary N) is 7. The van der Waals surface area contributed by atoms with Gasteiger partial charge in [0.15, 0.2) is 0 Å². The molecule has 1 saturated heterocycles. The molecule has 1 fully saturated rings. The molecule has 18 nitrogen and oxygen atoms in total. The molecule has 1 aliphatic heterocycles. The minimum absolute atomic E-state index is 0.000240. The maximum absolute atomic E-state index is 13.3. The second kappa shape index (κ2) is 21.0. The third-order valence-electron chi connectivity index (χ3n) is 7.01. The van der Waals surface area contributed by atoms with E-state index in [1.165, 1.54) is 6.92 Å². The van der Waals surface area contributed by atoms with Gasteiger partial charge in [0, 0.05) is 13.0 Å². The van der Waals surface area contributed by atoms with Gasteiger partial charge in [0.05, 0.1) is 12.6 Å². The fourth-order valence-corrected chi connectivity index (χ4v) is 4.59. The standard InChI is InChI=1S/C28H52N10O8/c1-15(2)13-20-27(45)37-18(7-10-30)25(43)36-19(8-11-31)26(44)38-23(16(3)39)28(46)32-12-4-5-21(40)34-17(6-9-29)24(42)33-14-22(41)35-20/h15-20,23,39H,4-14,29-31H2,1-3H3,(H,32,46)(H,33,42)(H,34,40)(H,35,41)(H,36,43)(H,37,45)(H,38,44)/t16?,17?,18?,19?,20-,23?/m0/s1. The van der Waals surface area contributed by atoms with Crippen molar-refractivity contribution in [1.82, 2.24) is 37.2 Å². The first-order chi connectivity index (χ1) is 21.7. The maximum Gasteiger partial charge on any atom is 0.245 e. The quantitative estimate of drug-likeness (QED) is 0.112. The maximum atomic E-state index is 13.3. The Morgan fingerprint density at radius 3 is 1.61 bits per heavy atom. The fourth-order valence-electron chi connectivity index (χ4n) is 4.59. The van der Waals surface area contributed by atoms with Gasteiger partial charge in [-0.25, -0.2) is 0 Å². The normalized spacial score (nSPS) is 26.1. The zero-order chi connectivity index (χ0) is 34.8. The van der Waals surface area contributed by atoms with Crippen LogP contribution in [0, 0.1) is 5.92 Å². The lowest BCUT2D eigenvalue weighted by Gasteiger charge is -2.27.